The van der Waals surface area contributed by atoms with Crippen LogP contribution in [0.5, 0.6) is 0 Å². The predicted octanol–water partition coefficient (Wildman–Crippen LogP) is 16.8. The van der Waals surface area contributed by atoms with Crippen molar-refractivity contribution in [2.75, 3.05) is 9.80 Å². The van der Waals surface area contributed by atoms with Gasteiger partial charge in [-0.2, -0.15) is 0 Å². The first-order valence-electron chi connectivity index (χ1n) is 22.2. The van der Waals surface area contributed by atoms with E-state index in [2.05, 4.69) is 240 Å². The lowest BCUT2D eigenvalue weighted by atomic mass is 9.68. The highest BCUT2D eigenvalue weighted by molar-refractivity contribution is 6.15. The fourth-order valence-electron chi connectivity index (χ4n) is 10.6. The molecule has 0 fully saturated rings. The van der Waals surface area contributed by atoms with E-state index < -0.39 is 5.41 Å². The summed E-state index contributed by atoms with van der Waals surface area (Å²) in [7, 11) is 0. The lowest BCUT2D eigenvalue weighted by Crippen LogP contribution is -2.28. The molecule has 65 heavy (non-hydrogen) atoms. The zero-order valence-corrected chi connectivity index (χ0v) is 35.3. The molecular weight excluding hydrogens is 793 g/mol. The van der Waals surface area contributed by atoms with Crippen LogP contribution >= 0.6 is 0 Å². The minimum Gasteiger partial charge on any atom is -0.456 e. The van der Waals surface area contributed by atoms with Crippen molar-refractivity contribution in [1.29, 1.82) is 0 Å². The van der Waals surface area contributed by atoms with Gasteiger partial charge in [-0.25, -0.2) is 0 Å². The molecule has 4 heteroatoms. The quantitative estimate of drug-likeness (QED) is 0.153. The Morgan fingerprint density at radius 2 is 0.815 bits per heavy atom. The van der Waals surface area contributed by atoms with Gasteiger partial charge in [0.05, 0.1) is 22.2 Å². The number of hydrogen-bond donors (Lipinski definition) is 0. The number of benzene rings is 10. The molecule has 0 unspecified atom stereocenters. The molecule has 4 nitrogen and oxygen atoms in total. The van der Waals surface area contributed by atoms with E-state index in [1.807, 2.05) is 12.1 Å². The molecule has 2 aromatic heterocycles. The first-order chi connectivity index (χ1) is 32.3. The highest BCUT2D eigenvalue weighted by Gasteiger charge is 2.47. The molecule has 0 atom stereocenters. The lowest BCUT2D eigenvalue weighted by Gasteiger charge is -2.34. The standard InChI is InChI=1S/C61H40N2O2/c1-5-19-41(20-6-1)61(42-21-7-2-8-22-42)51-29-15-13-28-49(51)59-52(61)30-17-31-53(59)63(46-35-37-48-47-27-14-16-33-55(47)65-58(48)40-46)45-36-38-56-50(39-45)60-54(32-18-34-57(60)64-56)62(43-23-9-3-10-24-43)44-25-11-4-12-26-44/h1-40H. The average molecular weight is 833 g/mol. The number of rotatable bonds is 8. The summed E-state index contributed by atoms with van der Waals surface area (Å²) in [5.41, 5.74) is 16.4. The van der Waals surface area contributed by atoms with Crippen LogP contribution in [0.25, 0.3) is 55.0 Å². The topological polar surface area (TPSA) is 32.8 Å². The number of furan rings is 2. The zero-order valence-electron chi connectivity index (χ0n) is 35.3. The summed E-state index contributed by atoms with van der Waals surface area (Å²) < 4.78 is 13.3. The molecule has 306 valence electrons. The smallest absolute Gasteiger partial charge is 0.137 e. The molecule has 1 aliphatic rings. The molecule has 0 aliphatic heterocycles. The molecule has 13 rings (SSSR count). The van der Waals surface area contributed by atoms with Crippen molar-refractivity contribution in [3.05, 3.63) is 265 Å². The van der Waals surface area contributed by atoms with E-state index in [-0.39, 0.29) is 0 Å². The molecule has 12 aromatic rings. The second-order valence-corrected chi connectivity index (χ2v) is 16.8. The maximum absolute atomic E-state index is 6.74. The first kappa shape index (κ1) is 37.0. The molecular formula is C61H40N2O2. The van der Waals surface area contributed by atoms with Gasteiger partial charge in [0.25, 0.3) is 0 Å². The van der Waals surface area contributed by atoms with Crippen LogP contribution in [0.2, 0.25) is 0 Å². The lowest BCUT2D eigenvalue weighted by molar-refractivity contribution is 0.668. The van der Waals surface area contributed by atoms with Crippen LogP contribution in [0.15, 0.2) is 251 Å². The van der Waals surface area contributed by atoms with E-state index in [9.17, 15) is 0 Å². The number of para-hydroxylation sites is 3. The van der Waals surface area contributed by atoms with Gasteiger partial charge in [0.1, 0.15) is 22.3 Å². The maximum atomic E-state index is 6.74. The van der Waals surface area contributed by atoms with Gasteiger partial charge in [-0.3, -0.25) is 0 Å². The van der Waals surface area contributed by atoms with Crippen LogP contribution in [0.3, 0.4) is 0 Å². The molecule has 10 aromatic carbocycles. The van der Waals surface area contributed by atoms with E-state index in [1.165, 1.54) is 33.4 Å². The van der Waals surface area contributed by atoms with Crippen molar-refractivity contribution in [1.82, 2.24) is 0 Å². The van der Waals surface area contributed by atoms with Crippen molar-refractivity contribution in [2.24, 2.45) is 0 Å². The monoisotopic (exact) mass is 832 g/mol. The van der Waals surface area contributed by atoms with E-state index in [0.29, 0.717) is 0 Å². The van der Waals surface area contributed by atoms with Gasteiger partial charge in [-0.15, -0.1) is 0 Å². The van der Waals surface area contributed by atoms with Gasteiger partial charge < -0.3 is 18.6 Å². The summed E-state index contributed by atoms with van der Waals surface area (Å²) in [5.74, 6) is 0. The van der Waals surface area contributed by atoms with E-state index >= 15 is 0 Å². The third kappa shape index (κ3) is 5.64. The molecule has 2 heterocycles. The number of hydrogen-bond acceptors (Lipinski definition) is 4. The maximum Gasteiger partial charge on any atom is 0.137 e. The van der Waals surface area contributed by atoms with Gasteiger partial charge in [-0.1, -0.05) is 158 Å². The first-order valence-corrected chi connectivity index (χ1v) is 22.2. The molecule has 0 amide bonds. The molecule has 0 saturated carbocycles. The van der Waals surface area contributed by atoms with Crippen LogP contribution in [-0.2, 0) is 5.41 Å². The summed E-state index contributed by atoms with van der Waals surface area (Å²) in [4.78, 5) is 4.74. The Kier molecular flexibility index (Phi) is 8.40. The molecule has 0 saturated heterocycles. The minimum atomic E-state index is -0.559. The Bertz CT molecular complexity index is 3650. The molecule has 0 spiro atoms. The van der Waals surface area contributed by atoms with Gasteiger partial charge in [0.2, 0.25) is 0 Å². The molecule has 0 N–H and O–H groups in total. The fraction of sp³-hybridized carbons (Fsp3) is 0.0164. The van der Waals surface area contributed by atoms with Gasteiger partial charge >= 0.3 is 0 Å². The zero-order chi connectivity index (χ0) is 42.9. The van der Waals surface area contributed by atoms with Gasteiger partial charge in [0, 0.05) is 50.5 Å². The Labute approximate surface area is 376 Å². The van der Waals surface area contributed by atoms with Crippen LogP contribution in [0.4, 0.5) is 34.1 Å². The third-order valence-electron chi connectivity index (χ3n) is 13.3. The minimum absolute atomic E-state index is 0.559. The number of nitrogens with zero attached hydrogens (tertiary/aromatic N) is 2. The van der Waals surface area contributed by atoms with E-state index in [1.54, 1.807) is 0 Å². The van der Waals surface area contributed by atoms with Crippen molar-refractivity contribution >= 4 is 78.0 Å². The predicted molar refractivity (Wildman–Crippen MR) is 268 cm³/mol. The number of fused-ring (bicyclic) bond motifs is 9. The summed E-state index contributed by atoms with van der Waals surface area (Å²) in [6.45, 7) is 0. The summed E-state index contributed by atoms with van der Waals surface area (Å²) in [6.07, 6.45) is 0. The molecule has 0 radical (unpaired) electrons. The second kappa shape index (κ2) is 14.8. The van der Waals surface area contributed by atoms with Crippen LogP contribution < -0.4 is 9.80 Å². The van der Waals surface area contributed by atoms with Gasteiger partial charge in [-0.05, 0) is 107 Å². The van der Waals surface area contributed by atoms with Crippen molar-refractivity contribution in [2.45, 2.75) is 5.41 Å². The van der Waals surface area contributed by atoms with Crippen molar-refractivity contribution in [3.63, 3.8) is 0 Å². The van der Waals surface area contributed by atoms with E-state index in [0.717, 1.165) is 78.0 Å². The SMILES string of the molecule is c1ccc(N(c2ccccc2)c2cccc3oc4ccc(N(c5ccc6c(c5)oc5ccccc56)c5cccc6c5-c5ccccc5C6(c5ccccc5)c5ccccc5)cc4c23)cc1. The summed E-state index contributed by atoms with van der Waals surface area (Å²) >= 11 is 0. The van der Waals surface area contributed by atoms with E-state index in [4.69, 9.17) is 8.83 Å². The van der Waals surface area contributed by atoms with Gasteiger partial charge in [0.15, 0.2) is 0 Å². The van der Waals surface area contributed by atoms with Crippen molar-refractivity contribution < 1.29 is 8.83 Å². The fourth-order valence-corrected chi connectivity index (χ4v) is 10.6. The highest BCUT2D eigenvalue weighted by Crippen LogP contribution is 2.60. The van der Waals surface area contributed by atoms with Crippen molar-refractivity contribution in [3.8, 4) is 11.1 Å². The highest BCUT2D eigenvalue weighted by atomic mass is 16.3. The Balaban J connectivity index is 1.10. The molecule has 0 bridgehead atoms. The Morgan fingerprint density at radius 1 is 0.308 bits per heavy atom. The van der Waals surface area contributed by atoms with Crippen LogP contribution in [0.1, 0.15) is 22.3 Å². The Morgan fingerprint density at radius 3 is 1.55 bits per heavy atom. The summed E-state index contributed by atoms with van der Waals surface area (Å²) in [5, 5.41) is 4.25. The second-order valence-electron chi connectivity index (χ2n) is 16.8. The third-order valence-corrected chi connectivity index (χ3v) is 13.3. The Hall–Kier alpha value is -8.60. The molecule has 1 aliphatic carbocycles. The summed E-state index contributed by atoms with van der Waals surface area (Å²) in [6, 6.07) is 86.9. The average Bonchev–Trinajstić information content (AvgIpc) is 4.04. The van der Waals surface area contributed by atoms with Crippen LogP contribution in [-0.4, -0.2) is 0 Å². The van der Waals surface area contributed by atoms with Crippen LogP contribution in [0, 0.1) is 0 Å². The number of anilines is 6. The normalized spacial score (nSPS) is 12.7. The largest absolute Gasteiger partial charge is 0.456 e.